The molecular weight excluding hydrogens is 430 g/mol. The monoisotopic (exact) mass is 453 g/mol. The Labute approximate surface area is 191 Å². The molecule has 1 saturated heterocycles. The Bertz CT molecular complexity index is 1030. The molecule has 1 aromatic heterocycles. The van der Waals surface area contributed by atoms with Gasteiger partial charge in [0.2, 0.25) is 5.91 Å². The van der Waals surface area contributed by atoms with Crippen molar-refractivity contribution in [1.82, 2.24) is 9.88 Å². The van der Waals surface area contributed by atoms with Gasteiger partial charge in [-0.2, -0.15) is 0 Å². The number of amides is 2. The van der Waals surface area contributed by atoms with Crippen LogP contribution in [0.4, 0.5) is 5.13 Å². The number of carbonyl (C=O) groups excluding carboxylic acids is 2. The van der Waals surface area contributed by atoms with Crippen LogP contribution in [0.25, 0.3) is 0 Å². The number of piperidine rings is 1. The van der Waals surface area contributed by atoms with Crippen molar-refractivity contribution in [3.05, 3.63) is 81.8 Å². The van der Waals surface area contributed by atoms with Gasteiger partial charge in [0.05, 0.1) is 12.1 Å². The molecule has 0 radical (unpaired) electrons. The summed E-state index contributed by atoms with van der Waals surface area (Å²) in [6.07, 6.45) is 3.39. The molecule has 2 amide bonds. The normalized spacial score (nSPS) is 14.4. The molecule has 2 heterocycles. The minimum atomic E-state index is -0.246. The number of likely N-dealkylation sites (tertiary alicyclic amines) is 1. The smallest absolute Gasteiger partial charge is 0.257 e. The summed E-state index contributed by atoms with van der Waals surface area (Å²) < 4.78 is 0. The average Bonchev–Trinajstić information content (AvgIpc) is 3.22. The fourth-order valence-corrected chi connectivity index (χ4v) is 4.65. The third-order valence-corrected chi connectivity index (χ3v) is 6.60. The summed E-state index contributed by atoms with van der Waals surface area (Å²) in [6, 6.07) is 17.2. The Morgan fingerprint density at radius 2 is 1.77 bits per heavy atom. The van der Waals surface area contributed by atoms with Crippen LogP contribution in [-0.4, -0.2) is 34.8 Å². The molecule has 0 spiro atoms. The maximum Gasteiger partial charge on any atom is 0.257 e. The number of aromatic nitrogens is 1. The summed E-state index contributed by atoms with van der Waals surface area (Å²) in [6.45, 7) is 1.58. The fourth-order valence-electron chi connectivity index (χ4n) is 3.82. The summed E-state index contributed by atoms with van der Waals surface area (Å²) >= 11 is 7.18. The number of benzene rings is 2. The zero-order valence-electron chi connectivity index (χ0n) is 17.1. The number of hydrogen-bond donors (Lipinski definition) is 1. The standard InChI is InChI=1S/C24H24ClN3O2S/c25-20-8-6-19(7-9-20)23(30)27-24-26-21(16-31-24)15-22(29)28-12-10-18(11-13-28)14-17-4-2-1-3-5-17/h1-9,16,18H,10-15H2,(H,26,27,30). The van der Waals surface area contributed by atoms with Gasteiger partial charge in [0.15, 0.2) is 5.13 Å². The van der Waals surface area contributed by atoms with E-state index in [4.69, 9.17) is 11.6 Å². The van der Waals surface area contributed by atoms with E-state index in [9.17, 15) is 9.59 Å². The number of anilines is 1. The van der Waals surface area contributed by atoms with Gasteiger partial charge in [0.1, 0.15) is 0 Å². The van der Waals surface area contributed by atoms with E-state index >= 15 is 0 Å². The highest BCUT2D eigenvalue weighted by Gasteiger charge is 2.23. The molecular formula is C24H24ClN3O2S. The zero-order chi connectivity index (χ0) is 21.6. The predicted octanol–water partition coefficient (Wildman–Crippen LogP) is 5.07. The van der Waals surface area contributed by atoms with E-state index in [-0.39, 0.29) is 18.2 Å². The molecule has 5 nitrogen and oxygen atoms in total. The van der Waals surface area contributed by atoms with Crippen molar-refractivity contribution in [3.63, 3.8) is 0 Å². The SMILES string of the molecule is O=C(Nc1nc(CC(=O)N2CCC(Cc3ccccc3)CC2)cs1)c1ccc(Cl)cc1. The van der Waals surface area contributed by atoms with E-state index in [0.717, 1.165) is 32.4 Å². The van der Waals surface area contributed by atoms with Crippen molar-refractivity contribution in [1.29, 1.82) is 0 Å². The van der Waals surface area contributed by atoms with E-state index in [1.807, 2.05) is 16.3 Å². The van der Waals surface area contributed by atoms with Gasteiger partial charge in [-0.1, -0.05) is 41.9 Å². The lowest BCUT2D eigenvalue weighted by Crippen LogP contribution is -2.39. The minimum absolute atomic E-state index is 0.0963. The summed E-state index contributed by atoms with van der Waals surface area (Å²) in [7, 11) is 0. The number of thiazole rings is 1. The van der Waals surface area contributed by atoms with Gasteiger partial charge >= 0.3 is 0 Å². The van der Waals surface area contributed by atoms with E-state index < -0.39 is 0 Å². The molecule has 0 bridgehead atoms. The van der Waals surface area contributed by atoms with Crippen LogP contribution in [0.1, 0.15) is 34.5 Å². The first-order chi connectivity index (χ1) is 15.1. The molecule has 7 heteroatoms. The van der Waals surface area contributed by atoms with Crippen molar-refractivity contribution >= 4 is 39.9 Å². The number of nitrogens with zero attached hydrogens (tertiary/aromatic N) is 2. The van der Waals surface area contributed by atoms with E-state index in [1.54, 1.807) is 24.3 Å². The van der Waals surface area contributed by atoms with Gasteiger partial charge in [-0.25, -0.2) is 4.98 Å². The fraction of sp³-hybridized carbons (Fsp3) is 0.292. The number of nitrogens with one attached hydrogen (secondary N) is 1. The van der Waals surface area contributed by atoms with Gasteiger partial charge in [-0.05, 0) is 55.0 Å². The average molecular weight is 454 g/mol. The molecule has 1 N–H and O–H groups in total. The summed E-state index contributed by atoms with van der Waals surface area (Å²) in [5, 5.41) is 5.68. The zero-order valence-corrected chi connectivity index (χ0v) is 18.7. The second kappa shape index (κ2) is 10.1. The highest BCUT2D eigenvalue weighted by molar-refractivity contribution is 7.14. The van der Waals surface area contributed by atoms with Crippen LogP contribution in [0.5, 0.6) is 0 Å². The third kappa shape index (κ3) is 5.93. The van der Waals surface area contributed by atoms with Crippen LogP contribution in [-0.2, 0) is 17.6 Å². The van der Waals surface area contributed by atoms with Gasteiger partial charge < -0.3 is 4.90 Å². The quantitative estimate of drug-likeness (QED) is 0.566. The molecule has 31 heavy (non-hydrogen) atoms. The Balaban J connectivity index is 1.25. The van der Waals surface area contributed by atoms with Gasteiger partial charge in [-0.3, -0.25) is 14.9 Å². The van der Waals surface area contributed by atoms with Crippen LogP contribution in [0, 0.1) is 5.92 Å². The number of rotatable bonds is 6. The molecule has 160 valence electrons. The van der Waals surface area contributed by atoms with Gasteiger partial charge in [0, 0.05) is 29.1 Å². The number of hydrogen-bond acceptors (Lipinski definition) is 4. The maximum absolute atomic E-state index is 12.7. The van der Waals surface area contributed by atoms with Crippen molar-refractivity contribution in [3.8, 4) is 0 Å². The van der Waals surface area contributed by atoms with Gasteiger partial charge in [-0.15, -0.1) is 11.3 Å². The molecule has 0 unspecified atom stereocenters. The lowest BCUT2D eigenvalue weighted by molar-refractivity contribution is -0.131. The third-order valence-electron chi connectivity index (χ3n) is 5.55. The highest BCUT2D eigenvalue weighted by Crippen LogP contribution is 2.23. The van der Waals surface area contributed by atoms with E-state index in [0.29, 0.717) is 27.3 Å². The predicted molar refractivity (Wildman–Crippen MR) is 125 cm³/mol. The van der Waals surface area contributed by atoms with Gasteiger partial charge in [0.25, 0.3) is 5.91 Å². The molecule has 1 aliphatic heterocycles. The van der Waals surface area contributed by atoms with Crippen molar-refractivity contribution in [2.24, 2.45) is 5.92 Å². The molecule has 3 aromatic rings. The summed E-state index contributed by atoms with van der Waals surface area (Å²) in [5.41, 5.74) is 2.56. The number of halogens is 1. The van der Waals surface area contributed by atoms with Crippen molar-refractivity contribution in [2.45, 2.75) is 25.7 Å². The molecule has 1 fully saturated rings. The first-order valence-corrected chi connectivity index (χ1v) is 11.7. The molecule has 1 aliphatic rings. The largest absolute Gasteiger partial charge is 0.342 e. The molecule has 0 aliphatic carbocycles. The lowest BCUT2D eigenvalue weighted by atomic mass is 9.90. The molecule has 0 atom stereocenters. The Morgan fingerprint density at radius 1 is 1.06 bits per heavy atom. The second-order valence-corrected chi connectivity index (χ2v) is 9.09. The maximum atomic E-state index is 12.7. The Kier molecular flexibility index (Phi) is 6.99. The van der Waals surface area contributed by atoms with Crippen LogP contribution in [0.15, 0.2) is 60.0 Å². The topological polar surface area (TPSA) is 62.3 Å². The second-order valence-electron chi connectivity index (χ2n) is 7.80. The molecule has 4 rings (SSSR count). The highest BCUT2D eigenvalue weighted by atomic mass is 35.5. The van der Waals surface area contributed by atoms with Crippen molar-refractivity contribution < 1.29 is 9.59 Å². The van der Waals surface area contributed by atoms with E-state index in [2.05, 4.69) is 34.6 Å². The van der Waals surface area contributed by atoms with Crippen LogP contribution < -0.4 is 5.32 Å². The summed E-state index contributed by atoms with van der Waals surface area (Å²) in [5.74, 6) is 0.476. The number of carbonyl (C=O) groups is 2. The first-order valence-electron chi connectivity index (χ1n) is 10.4. The molecule has 0 saturated carbocycles. The first kappa shape index (κ1) is 21.5. The Hall–Kier alpha value is -2.70. The van der Waals surface area contributed by atoms with Crippen LogP contribution >= 0.6 is 22.9 Å². The Morgan fingerprint density at radius 3 is 2.48 bits per heavy atom. The summed E-state index contributed by atoms with van der Waals surface area (Å²) in [4.78, 5) is 31.4. The lowest BCUT2D eigenvalue weighted by Gasteiger charge is -2.32. The molecule has 2 aromatic carbocycles. The van der Waals surface area contributed by atoms with Crippen LogP contribution in [0.2, 0.25) is 5.02 Å². The van der Waals surface area contributed by atoms with Crippen molar-refractivity contribution in [2.75, 3.05) is 18.4 Å². The van der Waals surface area contributed by atoms with E-state index in [1.165, 1.54) is 16.9 Å². The van der Waals surface area contributed by atoms with Crippen LogP contribution in [0.3, 0.4) is 0 Å². The minimum Gasteiger partial charge on any atom is -0.342 e.